The third kappa shape index (κ3) is 4.71. The molecule has 0 aromatic heterocycles. The van der Waals surface area contributed by atoms with Crippen LogP contribution in [0.15, 0.2) is 24.3 Å². The van der Waals surface area contributed by atoms with Gasteiger partial charge in [0.25, 0.3) is 0 Å². The highest BCUT2D eigenvalue weighted by Crippen LogP contribution is 2.31. The summed E-state index contributed by atoms with van der Waals surface area (Å²) in [5.74, 6) is 3.03. The summed E-state index contributed by atoms with van der Waals surface area (Å²) >= 11 is 1.94. The minimum absolute atomic E-state index is 0.459. The standard InChI is InChI=1S/C15H23NO2S/c16-8-9-18-14-3-1-2-13(12-14)4-5-15(17)6-10-19-11-7-15/h1-3,12,17H,4-11,16H2. The summed E-state index contributed by atoms with van der Waals surface area (Å²) in [6.07, 6.45) is 3.58. The third-order valence-corrected chi connectivity index (χ3v) is 4.57. The van der Waals surface area contributed by atoms with Gasteiger partial charge in [-0.2, -0.15) is 11.8 Å². The SMILES string of the molecule is NCCOc1cccc(CCC2(O)CCSCC2)c1. The molecule has 1 saturated heterocycles. The Bertz CT molecular complexity index is 391. The Hall–Kier alpha value is -0.710. The Kier molecular flexibility index (Phi) is 5.55. The fourth-order valence-electron chi connectivity index (χ4n) is 2.35. The number of ether oxygens (including phenoxy) is 1. The highest BCUT2D eigenvalue weighted by molar-refractivity contribution is 7.99. The van der Waals surface area contributed by atoms with E-state index in [0.29, 0.717) is 13.2 Å². The van der Waals surface area contributed by atoms with Crippen molar-refractivity contribution in [2.45, 2.75) is 31.3 Å². The summed E-state index contributed by atoms with van der Waals surface area (Å²) in [6.45, 7) is 1.08. The second-order valence-electron chi connectivity index (χ2n) is 5.12. The zero-order chi connectivity index (χ0) is 13.6. The summed E-state index contributed by atoms with van der Waals surface area (Å²) in [7, 11) is 0. The van der Waals surface area contributed by atoms with Crippen molar-refractivity contribution >= 4 is 11.8 Å². The maximum Gasteiger partial charge on any atom is 0.119 e. The number of rotatable bonds is 6. The Labute approximate surface area is 119 Å². The van der Waals surface area contributed by atoms with E-state index in [9.17, 15) is 5.11 Å². The van der Waals surface area contributed by atoms with Gasteiger partial charge in [0.2, 0.25) is 0 Å². The molecule has 19 heavy (non-hydrogen) atoms. The first kappa shape index (κ1) is 14.7. The minimum atomic E-state index is -0.459. The highest BCUT2D eigenvalue weighted by Gasteiger charge is 2.28. The fourth-order valence-corrected chi connectivity index (χ4v) is 3.60. The molecule has 3 nitrogen and oxygen atoms in total. The van der Waals surface area contributed by atoms with Gasteiger partial charge in [-0.25, -0.2) is 0 Å². The fraction of sp³-hybridized carbons (Fsp3) is 0.600. The lowest BCUT2D eigenvalue weighted by atomic mass is 9.89. The van der Waals surface area contributed by atoms with Gasteiger partial charge in [0, 0.05) is 6.54 Å². The van der Waals surface area contributed by atoms with Crippen LogP contribution in [0, 0.1) is 0 Å². The summed E-state index contributed by atoms with van der Waals surface area (Å²) in [6, 6.07) is 8.10. The third-order valence-electron chi connectivity index (χ3n) is 3.59. The van der Waals surface area contributed by atoms with Crippen LogP contribution >= 0.6 is 11.8 Å². The van der Waals surface area contributed by atoms with Gasteiger partial charge in [-0.3, -0.25) is 0 Å². The molecular weight excluding hydrogens is 258 g/mol. The summed E-state index contributed by atoms with van der Waals surface area (Å²) in [5.41, 5.74) is 6.19. The lowest BCUT2D eigenvalue weighted by molar-refractivity contribution is 0.0236. The molecule has 1 heterocycles. The van der Waals surface area contributed by atoms with Gasteiger partial charge in [0.15, 0.2) is 0 Å². The zero-order valence-corrected chi connectivity index (χ0v) is 12.1. The molecule has 1 aliphatic rings. The second-order valence-corrected chi connectivity index (χ2v) is 6.35. The Balaban J connectivity index is 1.88. The van der Waals surface area contributed by atoms with E-state index < -0.39 is 5.60 Å². The predicted octanol–water partition coefficient (Wildman–Crippen LogP) is 2.21. The first-order valence-electron chi connectivity index (χ1n) is 6.94. The van der Waals surface area contributed by atoms with Gasteiger partial charge in [-0.1, -0.05) is 12.1 Å². The van der Waals surface area contributed by atoms with Crippen LogP contribution in [0.4, 0.5) is 0 Å². The van der Waals surface area contributed by atoms with E-state index in [-0.39, 0.29) is 0 Å². The van der Waals surface area contributed by atoms with Crippen molar-refractivity contribution in [3.63, 3.8) is 0 Å². The molecule has 1 fully saturated rings. The monoisotopic (exact) mass is 281 g/mol. The van der Waals surface area contributed by atoms with Crippen LogP contribution in [-0.2, 0) is 6.42 Å². The van der Waals surface area contributed by atoms with Crippen molar-refractivity contribution in [2.24, 2.45) is 5.73 Å². The maximum absolute atomic E-state index is 10.5. The molecule has 0 aliphatic carbocycles. The van der Waals surface area contributed by atoms with Gasteiger partial charge in [-0.15, -0.1) is 0 Å². The summed E-state index contributed by atoms with van der Waals surface area (Å²) in [5, 5.41) is 10.5. The van der Waals surface area contributed by atoms with Gasteiger partial charge < -0.3 is 15.6 Å². The van der Waals surface area contributed by atoms with E-state index in [1.165, 1.54) is 5.56 Å². The van der Waals surface area contributed by atoms with Crippen LogP contribution < -0.4 is 10.5 Å². The van der Waals surface area contributed by atoms with E-state index in [1.807, 2.05) is 23.9 Å². The molecule has 1 aliphatic heterocycles. The van der Waals surface area contributed by atoms with Crippen molar-refractivity contribution in [1.82, 2.24) is 0 Å². The minimum Gasteiger partial charge on any atom is -0.492 e. The van der Waals surface area contributed by atoms with Crippen LogP contribution in [0.5, 0.6) is 5.75 Å². The molecule has 0 spiro atoms. The number of aliphatic hydroxyl groups is 1. The molecule has 0 atom stereocenters. The largest absolute Gasteiger partial charge is 0.492 e. The van der Waals surface area contributed by atoms with E-state index in [1.54, 1.807) is 0 Å². The number of aryl methyl sites for hydroxylation is 1. The number of benzene rings is 1. The number of nitrogens with two attached hydrogens (primary N) is 1. The smallest absolute Gasteiger partial charge is 0.119 e. The zero-order valence-electron chi connectivity index (χ0n) is 11.3. The van der Waals surface area contributed by atoms with Gasteiger partial charge in [-0.05, 0) is 54.9 Å². The first-order chi connectivity index (χ1) is 9.22. The van der Waals surface area contributed by atoms with Gasteiger partial charge in [0.1, 0.15) is 12.4 Å². The molecule has 0 bridgehead atoms. The van der Waals surface area contributed by atoms with Crippen molar-refractivity contribution < 1.29 is 9.84 Å². The number of thioether (sulfide) groups is 1. The second kappa shape index (κ2) is 7.17. The van der Waals surface area contributed by atoms with Gasteiger partial charge >= 0.3 is 0 Å². The van der Waals surface area contributed by atoms with E-state index in [0.717, 1.165) is 42.9 Å². The normalized spacial score (nSPS) is 18.2. The molecule has 0 saturated carbocycles. The lowest BCUT2D eigenvalue weighted by Crippen LogP contribution is -2.33. The molecule has 106 valence electrons. The molecule has 0 unspecified atom stereocenters. The van der Waals surface area contributed by atoms with Crippen molar-refractivity contribution in [1.29, 1.82) is 0 Å². The predicted molar refractivity (Wildman–Crippen MR) is 80.8 cm³/mol. The summed E-state index contributed by atoms with van der Waals surface area (Å²) in [4.78, 5) is 0. The van der Waals surface area contributed by atoms with E-state index in [2.05, 4.69) is 12.1 Å². The molecule has 1 aromatic rings. The Morgan fingerprint density at radius 1 is 1.32 bits per heavy atom. The van der Waals surface area contributed by atoms with Crippen LogP contribution in [0.25, 0.3) is 0 Å². The maximum atomic E-state index is 10.5. The average Bonchev–Trinajstić information content (AvgIpc) is 2.44. The highest BCUT2D eigenvalue weighted by atomic mass is 32.2. The molecule has 0 amide bonds. The molecule has 1 aromatic carbocycles. The topological polar surface area (TPSA) is 55.5 Å². The van der Waals surface area contributed by atoms with Crippen molar-refractivity contribution in [3.8, 4) is 5.75 Å². The number of hydrogen-bond acceptors (Lipinski definition) is 4. The quantitative estimate of drug-likeness (QED) is 0.839. The Morgan fingerprint density at radius 2 is 2.11 bits per heavy atom. The molecule has 4 heteroatoms. The Morgan fingerprint density at radius 3 is 2.84 bits per heavy atom. The van der Waals surface area contributed by atoms with Crippen molar-refractivity contribution in [2.75, 3.05) is 24.7 Å². The first-order valence-corrected chi connectivity index (χ1v) is 8.09. The lowest BCUT2D eigenvalue weighted by Gasteiger charge is -2.31. The number of hydrogen-bond donors (Lipinski definition) is 2. The van der Waals surface area contributed by atoms with Gasteiger partial charge in [0.05, 0.1) is 5.60 Å². The van der Waals surface area contributed by atoms with Crippen LogP contribution in [-0.4, -0.2) is 35.4 Å². The van der Waals surface area contributed by atoms with Crippen molar-refractivity contribution in [3.05, 3.63) is 29.8 Å². The van der Waals surface area contributed by atoms with E-state index in [4.69, 9.17) is 10.5 Å². The van der Waals surface area contributed by atoms with Crippen LogP contribution in [0.3, 0.4) is 0 Å². The van der Waals surface area contributed by atoms with E-state index >= 15 is 0 Å². The summed E-state index contributed by atoms with van der Waals surface area (Å²) < 4.78 is 5.52. The molecule has 2 rings (SSSR count). The van der Waals surface area contributed by atoms with Crippen LogP contribution in [0.1, 0.15) is 24.8 Å². The molecular formula is C15H23NO2S. The molecule has 3 N–H and O–H groups in total. The molecule has 0 radical (unpaired) electrons. The van der Waals surface area contributed by atoms with Crippen LogP contribution in [0.2, 0.25) is 0 Å². The average molecular weight is 281 g/mol.